The molecule has 0 unspecified atom stereocenters. The van der Waals surface area contributed by atoms with Gasteiger partial charge in [0.15, 0.2) is 0 Å². The molecule has 2 atom stereocenters. The number of thioether (sulfide) groups is 1. The summed E-state index contributed by atoms with van der Waals surface area (Å²) < 4.78 is 5.18. The number of hydrogen-bond donors (Lipinski definition) is 1. The van der Waals surface area contributed by atoms with Gasteiger partial charge < -0.3 is 15.0 Å². The third-order valence-corrected chi connectivity index (χ3v) is 6.48. The van der Waals surface area contributed by atoms with Crippen LogP contribution in [0.2, 0.25) is 5.02 Å². The first kappa shape index (κ1) is 25.1. The van der Waals surface area contributed by atoms with Crippen LogP contribution >= 0.6 is 23.4 Å². The summed E-state index contributed by atoms with van der Waals surface area (Å²) in [7, 11) is 1.63. The third kappa shape index (κ3) is 7.78. The average molecular weight is 463 g/mol. The average Bonchev–Trinajstić information content (AvgIpc) is 2.78. The van der Waals surface area contributed by atoms with E-state index in [1.807, 2.05) is 56.3 Å². The van der Waals surface area contributed by atoms with Gasteiger partial charge in [0.05, 0.1) is 12.9 Å². The van der Waals surface area contributed by atoms with E-state index in [0.717, 1.165) is 23.3 Å². The molecule has 0 radical (unpaired) electrons. The Morgan fingerprint density at radius 2 is 1.81 bits per heavy atom. The maximum atomic E-state index is 13.1. The first-order valence-electron chi connectivity index (χ1n) is 10.4. The third-order valence-electron chi connectivity index (χ3n) is 5.12. The number of rotatable bonds is 11. The van der Waals surface area contributed by atoms with Gasteiger partial charge in [-0.1, -0.05) is 48.9 Å². The first-order valence-corrected chi connectivity index (χ1v) is 11.9. The van der Waals surface area contributed by atoms with Crippen LogP contribution in [0, 0.1) is 0 Å². The number of carbonyl (C=O) groups is 2. The summed E-state index contributed by atoms with van der Waals surface area (Å²) in [6.45, 7) is 6.02. The predicted molar refractivity (Wildman–Crippen MR) is 129 cm³/mol. The molecule has 0 fully saturated rings. The van der Waals surface area contributed by atoms with Crippen molar-refractivity contribution in [3.05, 3.63) is 64.7 Å². The summed E-state index contributed by atoms with van der Waals surface area (Å²) >= 11 is 7.84. The highest BCUT2D eigenvalue weighted by Gasteiger charge is 2.27. The second-order valence-corrected chi connectivity index (χ2v) is 8.84. The smallest absolute Gasteiger partial charge is 0.242 e. The van der Waals surface area contributed by atoms with E-state index in [0.29, 0.717) is 10.8 Å². The van der Waals surface area contributed by atoms with Gasteiger partial charge in [-0.15, -0.1) is 11.8 Å². The van der Waals surface area contributed by atoms with E-state index < -0.39 is 6.04 Å². The Bertz CT molecular complexity index is 860. The van der Waals surface area contributed by atoms with Crippen molar-refractivity contribution in [3.63, 3.8) is 0 Å². The maximum absolute atomic E-state index is 13.1. The Kier molecular flexibility index (Phi) is 10.2. The van der Waals surface area contributed by atoms with Crippen molar-refractivity contribution >= 4 is 35.2 Å². The van der Waals surface area contributed by atoms with Gasteiger partial charge in [0.1, 0.15) is 11.8 Å². The SMILES string of the molecule is CC[C@H](C)NC(=O)[C@@H](C)N(Cc1ccccc1Cl)C(=O)CSCc1ccc(OC)cc1. The molecule has 31 heavy (non-hydrogen) atoms. The molecule has 0 spiro atoms. The van der Waals surface area contributed by atoms with Gasteiger partial charge in [-0.3, -0.25) is 9.59 Å². The summed E-state index contributed by atoms with van der Waals surface area (Å²) in [4.78, 5) is 27.5. The molecule has 0 saturated carbocycles. The van der Waals surface area contributed by atoms with Crippen LogP contribution in [0.25, 0.3) is 0 Å². The van der Waals surface area contributed by atoms with E-state index in [1.165, 1.54) is 11.8 Å². The number of halogens is 1. The highest BCUT2D eigenvalue weighted by atomic mass is 35.5. The number of ether oxygens (including phenoxy) is 1. The molecule has 2 aromatic carbocycles. The van der Waals surface area contributed by atoms with Gasteiger partial charge in [0.2, 0.25) is 11.8 Å². The summed E-state index contributed by atoms with van der Waals surface area (Å²) in [5, 5.41) is 3.56. The molecule has 0 heterocycles. The van der Waals surface area contributed by atoms with Gasteiger partial charge >= 0.3 is 0 Å². The lowest BCUT2D eigenvalue weighted by Gasteiger charge is -2.30. The molecule has 7 heteroatoms. The molecule has 0 saturated heterocycles. The molecule has 2 rings (SSSR count). The fourth-order valence-corrected chi connectivity index (χ4v) is 3.99. The fraction of sp³-hybridized carbons (Fsp3) is 0.417. The largest absolute Gasteiger partial charge is 0.497 e. The minimum atomic E-state index is -0.598. The van der Waals surface area contributed by atoms with Crippen molar-refractivity contribution in [1.29, 1.82) is 0 Å². The van der Waals surface area contributed by atoms with Crippen molar-refractivity contribution < 1.29 is 14.3 Å². The number of nitrogens with zero attached hydrogens (tertiary/aromatic N) is 1. The fourth-order valence-electron chi connectivity index (χ4n) is 2.92. The quantitative estimate of drug-likeness (QED) is 0.515. The van der Waals surface area contributed by atoms with Gasteiger partial charge in [-0.05, 0) is 49.6 Å². The van der Waals surface area contributed by atoms with Crippen LogP contribution in [0.1, 0.15) is 38.3 Å². The van der Waals surface area contributed by atoms with Gasteiger partial charge in [0.25, 0.3) is 0 Å². The number of carbonyl (C=O) groups excluding carboxylic acids is 2. The number of methoxy groups -OCH3 is 1. The lowest BCUT2D eigenvalue weighted by Crippen LogP contribution is -2.50. The Morgan fingerprint density at radius 3 is 2.42 bits per heavy atom. The number of hydrogen-bond acceptors (Lipinski definition) is 4. The Labute approximate surface area is 194 Å². The second-order valence-electron chi connectivity index (χ2n) is 7.45. The van der Waals surface area contributed by atoms with Crippen molar-refractivity contribution in [3.8, 4) is 5.75 Å². The van der Waals surface area contributed by atoms with Crippen molar-refractivity contribution in [2.24, 2.45) is 0 Å². The Balaban J connectivity index is 2.07. The van der Waals surface area contributed by atoms with E-state index in [4.69, 9.17) is 16.3 Å². The molecule has 0 bridgehead atoms. The first-order chi connectivity index (χ1) is 14.8. The highest BCUT2D eigenvalue weighted by molar-refractivity contribution is 7.99. The van der Waals surface area contributed by atoms with E-state index in [9.17, 15) is 9.59 Å². The van der Waals surface area contributed by atoms with Crippen molar-refractivity contribution in [1.82, 2.24) is 10.2 Å². The summed E-state index contributed by atoms with van der Waals surface area (Å²) in [5.74, 6) is 1.53. The zero-order chi connectivity index (χ0) is 22.8. The molecular weight excluding hydrogens is 432 g/mol. The van der Waals surface area contributed by atoms with E-state index >= 15 is 0 Å². The number of amides is 2. The zero-order valence-corrected chi connectivity index (χ0v) is 20.1. The van der Waals surface area contributed by atoms with Crippen molar-refractivity contribution in [2.45, 2.75) is 51.6 Å². The predicted octanol–water partition coefficient (Wildman–Crippen LogP) is 4.91. The molecule has 1 N–H and O–H groups in total. The summed E-state index contributed by atoms with van der Waals surface area (Å²) in [5.41, 5.74) is 1.93. The Hall–Kier alpha value is -2.18. The molecule has 5 nitrogen and oxygen atoms in total. The highest BCUT2D eigenvalue weighted by Crippen LogP contribution is 2.21. The topological polar surface area (TPSA) is 58.6 Å². The molecule has 0 aromatic heterocycles. The van der Waals surface area contributed by atoms with Crippen LogP contribution in [0.15, 0.2) is 48.5 Å². The van der Waals surface area contributed by atoms with Crippen LogP contribution < -0.4 is 10.1 Å². The number of nitrogens with one attached hydrogen (secondary N) is 1. The van der Waals surface area contributed by atoms with Gasteiger partial charge in [-0.25, -0.2) is 0 Å². The van der Waals surface area contributed by atoms with Crippen LogP contribution in [0.4, 0.5) is 0 Å². The van der Waals surface area contributed by atoms with Gasteiger partial charge in [0, 0.05) is 23.4 Å². The molecule has 0 aliphatic rings. The summed E-state index contributed by atoms with van der Waals surface area (Å²) in [6.07, 6.45) is 0.828. The molecule has 2 amide bonds. The van der Waals surface area contributed by atoms with Crippen LogP contribution in [0.3, 0.4) is 0 Å². The maximum Gasteiger partial charge on any atom is 0.242 e. The minimum absolute atomic E-state index is 0.0525. The van der Waals surface area contributed by atoms with E-state index in [1.54, 1.807) is 25.0 Å². The minimum Gasteiger partial charge on any atom is -0.497 e. The van der Waals surface area contributed by atoms with Gasteiger partial charge in [-0.2, -0.15) is 0 Å². The van der Waals surface area contributed by atoms with Crippen molar-refractivity contribution in [2.75, 3.05) is 12.9 Å². The van der Waals surface area contributed by atoms with Crippen LogP contribution in [-0.2, 0) is 21.9 Å². The van der Waals surface area contributed by atoms with E-state index in [-0.39, 0.29) is 30.2 Å². The van der Waals surface area contributed by atoms with Crippen LogP contribution in [0.5, 0.6) is 5.75 Å². The molecule has 168 valence electrons. The zero-order valence-electron chi connectivity index (χ0n) is 18.6. The second kappa shape index (κ2) is 12.6. The van der Waals surface area contributed by atoms with E-state index in [2.05, 4.69) is 5.32 Å². The normalized spacial score (nSPS) is 12.7. The molecule has 0 aliphatic carbocycles. The standard InChI is InChI=1S/C24H31ClN2O3S/c1-5-17(2)26-24(29)18(3)27(14-20-8-6-7-9-22(20)25)23(28)16-31-15-19-10-12-21(30-4)13-11-19/h6-13,17-18H,5,14-16H2,1-4H3,(H,26,29)/t17-,18+/m0/s1. The van der Waals surface area contributed by atoms with Crippen LogP contribution in [-0.4, -0.2) is 41.7 Å². The lowest BCUT2D eigenvalue weighted by molar-refractivity contribution is -0.138. The monoisotopic (exact) mass is 462 g/mol. The molecular formula is C24H31ClN2O3S. The summed E-state index contributed by atoms with van der Waals surface area (Å²) in [6, 6.07) is 14.6. The molecule has 2 aromatic rings. The lowest BCUT2D eigenvalue weighted by atomic mass is 10.1. The molecule has 0 aliphatic heterocycles. The Morgan fingerprint density at radius 1 is 1.13 bits per heavy atom. The number of benzene rings is 2.